The Morgan fingerprint density at radius 2 is 1.76 bits per heavy atom. The van der Waals surface area contributed by atoms with Gasteiger partial charge in [-0.05, 0) is 61.7 Å². The molecule has 152 valence electrons. The van der Waals surface area contributed by atoms with Crippen molar-refractivity contribution in [2.24, 2.45) is 5.10 Å². The van der Waals surface area contributed by atoms with Crippen LogP contribution in [0.5, 0.6) is 17.2 Å². The highest BCUT2D eigenvalue weighted by molar-refractivity contribution is 6.32. The fourth-order valence-electron chi connectivity index (χ4n) is 2.56. The van der Waals surface area contributed by atoms with Crippen molar-refractivity contribution in [3.05, 3.63) is 64.7 Å². The SMILES string of the molecule is CCOc1cc(/C=N/n2cnnc2)cc(Cl)c1OCCOc1ccc(C)c(C)c1. The summed E-state index contributed by atoms with van der Waals surface area (Å²) < 4.78 is 18.8. The molecule has 1 aromatic heterocycles. The van der Waals surface area contributed by atoms with E-state index < -0.39 is 0 Å². The van der Waals surface area contributed by atoms with E-state index in [9.17, 15) is 0 Å². The van der Waals surface area contributed by atoms with Gasteiger partial charge in [0.1, 0.15) is 31.6 Å². The average molecular weight is 415 g/mol. The van der Waals surface area contributed by atoms with Crippen molar-refractivity contribution in [3.63, 3.8) is 0 Å². The van der Waals surface area contributed by atoms with E-state index in [1.165, 1.54) is 28.5 Å². The number of halogens is 1. The molecule has 0 aliphatic heterocycles. The number of aromatic nitrogens is 3. The van der Waals surface area contributed by atoms with Crippen LogP contribution in [0.4, 0.5) is 0 Å². The van der Waals surface area contributed by atoms with Gasteiger partial charge in [0.15, 0.2) is 11.5 Å². The summed E-state index contributed by atoms with van der Waals surface area (Å²) in [5, 5.41) is 12.1. The van der Waals surface area contributed by atoms with Gasteiger partial charge in [0.05, 0.1) is 17.8 Å². The molecule has 2 aromatic carbocycles. The van der Waals surface area contributed by atoms with Crippen LogP contribution in [0.15, 0.2) is 48.1 Å². The Balaban J connectivity index is 1.65. The highest BCUT2D eigenvalue weighted by atomic mass is 35.5. The fourth-order valence-corrected chi connectivity index (χ4v) is 2.83. The van der Waals surface area contributed by atoms with Gasteiger partial charge < -0.3 is 14.2 Å². The van der Waals surface area contributed by atoms with Crippen molar-refractivity contribution in [1.82, 2.24) is 14.9 Å². The molecule has 3 rings (SSSR count). The quantitative estimate of drug-likeness (QED) is 0.386. The average Bonchev–Trinajstić information content (AvgIpc) is 3.22. The number of ether oxygens (including phenoxy) is 3. The van der Waals surface area contributed by atoms with Gasteiger partial charge in [-0.1, -0.05) is 17.7 Å². The number of nitrogens with zero attached hydrogens (tertiary/aromatic N) is 4. The van der Waals surface area contributed by atoms with Crippen molar-refractivity contribution < 1.29 is 14.2 Å². The van der Waals surface area contributed by atoms with Crippen molar-refractivity contribution in [2.75, 3.05) is 19.8 Å². The van der Waals surface area contributed by atoms with Gasteiger partial charge in [-0.2, -0.15) is 5.10 Å². The number of aryl methyl sites for hydroxylation is 2. The standard InChI is InChI=1S/C21H23ClN4O3/c1-4-27-20-11-17(12-25-26-13-23-24-14-26)10-19(22)21(20)29-8-7-28-18-6-5-15(2)16(3)9-18/h5-6,9-14H,4,7-8H2,1-3H3/b25-12+. The van der Waals surface area contributed by atoms with Crippen molar-refractivity contribution in [3.8, 4) is 17.2 Å². The normalized spacial score (nSPS) is 11.0. The van der Waals surface area contributed by atoms with Gasteiger partial charge in [0, 0.05) is 0 Å². The van der Waals surface area contributed by atoms with Crippen LogP contribution in [-0.4, -0.2) is 40.9 Å². The predicted octanol–water partition coefficient (Wildman–Crippen LogP) is 4.29. The second-order valence-corrected chi connectivity index (χ2v) is 6.70. The highest BCUT2D eigenvalue weighted by Gasteiger charge is 2.12. The number of hydrogen-bond donors (Lipinski definition) is 0. The Kier molecular flexibility index (Phi) is 7.08. The van der Waals surface area contributed by atoms with Crippen LogP contribution >= 0.6 is 11.6 Å². The summed E-state index contributed by atoms with van der Waals surface area (Å²) in [4.78, 5) is 0. The van der Waals surface area contributed by atoms with Crippen LogP contribution in [-0.2, 0) is 0 Å². The third-order valence-corrected chi connectivity index (χ3v) is 4.44. The van der Waals surface area contributed by atoms with Gasteiger partial charge in [-0.25, -0.2) is 4.68 Å². The molecule has 0 radical (unpaired) electrons. The molecular formula is C21H23ClN4O3. The predicted molar refractivity (Wildman–Crippen MR) is 113 cm³/mol. The van der Waals surface area contributed by atoms with E-state index in [0.717, 1.165) is 11.3 Å². The van der Waals surface area contributed by atoms with E-state index in [2.05, 4.69) is 29.1 Å². The van der Waals surface area contributed by atoms with E-state index in [-0.39, 0.29) is 0 Å². The highest BCUT2D eigenvalue weighted by Crippen LogP contribution is 2.36. The Morgan fingerprint density at radius 1 is 1.00 bits per heavy atom. The number of benzene rings is 2. The molecule has 0 bridgehead atoms. The number of hydrogen-bond acceptors (Lipinski definition) is 6. The summed E-state index contributed by atoms with van der Waals surface area (Å²) in [5.74, 6) is 1.85. The summed E-state index contributed by atoms with van der Waals surface area (Å²) in [5.41, 5.74) is 3.19. The van der Waals surface area contributed by atoms with Crippen LogP contribution in [0.1, 0.15) is 23.6 Å². The van der Waals surface area contributed by atoms with Gasteiger partial charge in [0.2, 0.25) is 0 Å². The summed E-state index contributed by atoms with van der Waals surface area (Å²) in [7, 11) is 0. The molecule has 0 amide bonds. The first-order chi connectivity index (χ1) is 14.1. The number of rotatable bonds is 9. The molecule has 0 fully saturated rings. The maximum Gasteiger partial charge on any atom is 0.179 e. The second kappa shape index (κ2) is 9.93. The van der Waals surface area contributed by atoms with Gasteiger partial charge in [-0.15, -0.1) is 10.2 Å². The van der Waals surface area contributed by atoms with Gasteiger partial charge >= 0.3 is 0 Å². The third kappa shape index (κ3) is 5.71. The molecule has 1 heterocycles. The summed E-state index contributed by atoms with van der Waals surface area (Å²) in [6.07, 6.45) is 4.63. The molecule has 29 heavy (non-hydrogen) atoms. The topological polar surface area (TPSA) is 70.8 Å². The van der Waals surface area contributed by atoms with Crippen LogP contribution in [0, 0.1) is 13.8 Å². The Bertz CT molecular complexity index is 974. The van der Waals surface area contributed by atoms with Crippen LogP contribution in [0.3, 0.4) is 0 Å². The Hall–Kier alpha value is -3.06. The Morgan fingerprint density at radius 3 is 2.48 bits per heavy atom. The lowest BCUT2D eigenvalue weighted by molar-refractivity contribution is 0.208. The lowest BCUT2D eigenvalue weighted by Crippen LogP contribution is -2.10. The van der Waals surface area contributed by atoms with E-state index in [4.69, 9.17) is 25.8 Å². The van der Waals surface area contributed by atoms with E-state index in [1.54, 1.807) is 12.3 Å². The van der Waals surface area contributed by atoms with E-state index in [0.29, 0.717) is 36.3 Å². The Labute approximate surface area is 174 Å². The monoisotopic (exact) mass is 414 g/mol. The molecule has 3 aromatic rings. The molecule has 0 atom stereocenters. The van der Waals surface area contributed by atoms with Gasteiger partial charge in [0.25, 0.3) is 0 Å². The summed E-state index contributed by atoms with van der Waals surface area (Å²) in [6.45, 7) is 7.24. The van der Waals surface area contributed by atoms with Crippen molar-refractivity contribution >= 4 is 17.8 Å². The molecule has 0 saturated carbocycles. The van der Waals surface area contributed by atoms with Crippen LogP contribution in [0.2, 0.25) is 5.02 Å². The van der Waals surface area contributed by atoms with E-state index in [1.807, 2.05) is 31.2 Å². The van der Waals surface area contributed by atoms with Crippen LogP contribution < -0.4 is 14.2 Å². The maximum atomic E-state index is 6.43. The first kappa shape index (κ1) is 20.7. The molecular weight excluding hydrogens is 392 g/mol. The van der Waals surface area contributed by atoms with Crippen molar-refractivity contribution in [2.45, 2.75) is 20.8 Å². The summed E-state index contributed by atoms with van der Waals surface area (Å²) >= 11 is 6.43. The molecule has 0 aliphatic rings. The molecule has 0 aliphatic carbocycles. The first-order valence-corrected chi connectivity index (χ1v) is 9.62. The van der Waals surface area contributed by atoms with Crippen LogP contribution in [0.25, 0.3) is 0 Å². The maximum absolute atomic E-state index is 6.43. The van der Waals surface area contributed by atoms with Gasteiger partial charge in [-0.3, -0.25) is 0 Å². The zero-order valence-corrected chi connectivity index (χ0v) is 17.4. The molecule has 7 nitrogen and oxygen atoms in total. The smallest absolute Gasteiger partial charge is 0.179 e. The zero-order chi connectivity index (χ0) is 20.6. The lowest BCUT2D eigenvalue weighted by Gasteiger charge is -2.15. The molecule has 0 spiro atoms. The second-order valence-electron chi connectivity index (χ2n) is 6.29. The lowest BCUT2D eigenvalue weighted by atomic mass is 10.1. The molecule has 0 saturated heterocycles. The largest absolute Gasteiger partial charge is 0.490 e. The third-order valence-electron chi connectivity index (χ3n) is 4.16. The zero-order valence-electron chi connectivity index (χ0n) is 16.6. The molecule has 0 N–H and O–H groups in total. The first-order valence-electron chi connectivity index (χ1n) is 9.25. The minimum Gasteiger partial charge on any atom is -0.490 e. The van der Waals surface area contributed by atoms with Crippen molar-refractivity contribution in [1.29, 1.82) is 0 Å². The minimum atomic E-state index is 0.334. The molecule has 8 heteroatoms. The molecule has 0 unspecified atom stereocenters. The fraction of sp³-hybridized carbons (Fsp3) is 0.286. The minimum absolute atomic E-state index is 0.334. The van der Waals surface area contributed by atoms with E-state index >= 15 is 0 Å². The summed E-state index contributed by atoms with van der Waals surface area (Å²) in [6, 6.07) is 9.58.